The predicted molar refractivity (Wildman–Crippen MR) is 157 cm³/mol. The van der Waals surface area contributed by atoms with Gasteiger partial charge in [-0.3, -0.25) is 0 Å². The molecular formula is C31H37N7. The highest BCUT2D eigenvalue weighted by Gasteiger charge is 2.33. The molecule has 3 heterocycles. The molecule has 0 amide bonds. The number of likely N-dealkylation sites (N-methyl/N-ethyl adjacent to an activating group) is 1. The van der Waals surface area contributed by atoms with Gasteiger partial charge in [-0.05, 0) is 74.5 Å². The maximum Gasteiger partial charge on any atom is 0.223 e. The van der Waals surface area contributed by atoms with Gasteiger partial charge < -0.3 is 25.8 Å². The largest absolute Gasteiger partial charge is 0.385 e. The van der Waals surface area contributed by atoms with Crippen molar-refractivity contribution in [2.24, 2.45) is 0 Å². The SMILES string of the molecule is CCCNc1ccc(CNc2nccc(C3=C(c4ccc(C)cc4)NC4C=C(CN(C)C)C=CN34)n2)cc1. The Hall–Kier alpha value is -4.10. The van der Waals surface area contributed by atoms with Crippen molar-refractivity contribution >= 4 is 23.0 Å². The van der Waals surface area contributed by atoms with E-state index in [-0.39, 0.29) is 6.17 Å². The summed E-state index contributed by atoms with van der Waals surface area (Å²) in [6.45, 7) is 6.81. The van der Waals surface area contributed by atoms with Crippen LogP contribution in [0.15, 0.2) is 84.7 Å². The summed E-state index contributed by atoms with van der Waals surface area (Å²) in [6, 6.07) is 19.1. The van der Waals surface area contributed by atoms with E-state index in [9.17, 15) is 0 Å². The standard InChI is InChI=1S/C31H37N7/c1-5-16-32-26-12-8-23(9-13-26)20-34-31-33-17-14-27(35-31)30-29(25-10-6-22(2)7-11-25)36-28-19-24(21-37(3)4)15-18-38(28)30/h6-15,17-19,28,32,36H,5,16,20-21H2,1-4H3,(H,33,34,35). The molecule has 2 aliphatic heterocycles. The zero-order chi connectivity index (χ0) is 26.5. The van der Waals surface area contributed by atoms with Crippen LogP contribution in [0.4, 0.5) is 11.6 Å². The van der Waals surface area contributed by atoms with Crippen LogP contribution in [0.5, 0.6) is 0 Å². The van der Waals surface area contributed by atoms with Crippen molar-refractivity contribution in [2.75, 3.05) is 37.8 Å². The summed E-state index contributed by atoms with van der Waals surface area (Å²) in [5.41, 5.74) is 8.98. The minimum absolute atomic E-state index is 0.0347. The number of aromatic nitrogens is 2. The molecule has 1 aromatic heterocycles. The molecule has 3 N–H and O–H groups in total. The molecule has 196 valence electrons. The molecule has 0 saturated heterocycles. The third-order valence-electron chi connectivity index (χ3n) is 6.63. The van der Waals surface area contributed by atoms with Crippen molar-refractivity contribution in [2.45, 2.75) is 33.0 Å². The van der Waals surface area contributed by atoms with E-state index in [1.54, 1.807) is 0 Å². The zero-order valence-electron chi connectivity index (χ0n) is 22.7. The second kappa shape index (κ2) is 11.5. The fourth-order valence-corrected chi connectivity index (χ4v) is 4.72. The van der Waals surface area contributed by atoms with Crippen LogP contribution >= 0.6 is 0 Å². The maximum absolute atomic E-state index is 4.94. The molecule has 3 aromatic rings. The Morgan fingerprint density at radius 1 is 1.00 bits per heavy atom. The third-order valence-corrected chi connectivity index (χ3v) is 6.63. The Labute approximate surface area is 226 Å². The molecule has 1 unspecified atom stereocenters. The van der Waals surface area contributed by atoms with Crippen LogP contribution < -0.4 is 16.0 Å². The van der Waals surface area contributed by atoms with Gasteiger partial charge in [0.05, 0.1) is 17.1 Å². The molecule has 0 aliphatic carbocycles. The normalized spacial score (nSPS) is 16.4. The topological polar surface area (TPSA) is 68.4 Å². The molecule has 7 nitrogen and oxygen atoms in total. The third kappa shape index (κ3) is 5.89. The predicted octanol–water partition coefficient (Wildman–Crippen LogP) is 5.29. The van der Waals surface area contributed by atoms with Crippen molar-refractivity contribution < 1.29 is 0 Å². The molecule has 0 radical (unpaired) electrons. The van der Waals surface area contributed by atoms with E-state index in [0.717, 1.165) is 47.8 Å². The molecule has 0 bridgehead atoms. The number of benzene rings is 2. The van der Waals surface area contributed by atoms with Crippen LogP contribution in [0.3, 0.4) is 0 Å². The highest BCUT2D eigenvalue weighted by atomic mass is 15.3. The van der Waals surface area contributed by atoms with Gasteiger partial charge in [-0.15, -0.1) is 0 Å². The summed E-state index contributed by atoms with van der Waals surface area (Å²) < 4.78 is 0. The highest BCUT2D eigenvalue weighted by molar-refractivity contribution is 5.91. The van der Waals surface area contributed by atoms with Gasteiger partial charge in [0.15, 0.2) is 0 Å². The lowest BCUT2D eigenvalue weighted by atomic mass is 10.1. The number of nitrogens with zero attached hydrogens (tertiary/aromatic N) is 4. The molecule has 38 heavy (non-hydrogen) atoms. The quantitative estimate of drug-likeness (QED) is 0.344. The lowest BCUT2D eigenvalue weighted by Crippen LogP contribution is -2.34. The minimum atomic E-state index is 0.0347. The van der Waals surface area contributed by atoms with E-state index in [1.165, 1.54) is 16.7 Å². The first-order valence-corrected chi connectivity index (χ1v) is 13.3. The second-order valence-electron chi connectivity index (χ2n) is 10.1. The summed E-state index contributed by atoms with van der Waals surface area (Å²) in [7, 11) is 4.19. The number of fused-ring (bicyclic) bond motifs is 1. The first-order valence-electron chi connectivity index (χ1n) is 13.3. The van der Waals surface area contributed by atoms with Gasteiger partial charge in [-0.1, -0.05) is 48.9 Å². The van der Waals surface area contributed by atoms with Crippen LogP contribution in [-0.2, 0) is 6.54 Å². The van der Waals surface area contributed by atoms with Gasteiger partial charge >= 0.3 is 0 Å². The van der Waals surface area contributed by atoms with Crippen molar-refractivity contribution in [1.82, 2.24) is 25.1 Å². The van der Waals surface area contributed by atoms with Crippen LogP contribution in [0, 0.1) is 6.92 Å². The monoisotopic (exact) mass is 507 g/mol. The van der Waals surface area contributed by atoms with E-state index in [4.69, 9.17) is 4.98 Å². The fraction of sp³-hybridized carbons (Fsp3) is 0.290. The summed E-state index contributed by atoms with van der Waals surface area (Å²) in [5, 5.41) is 10.6. The summed E-state index contributed by atoms with van der Waals surface area (Å²) in [4.78, 5) is 13.9. The summed E-state index contributed by atoms with van der Waals surface area (Å²) >= 11 is 0. The Bertz CT molecular complexity index is 1340. The molecule has 1 atom stereocenters. The molecule has 0 fully saturated rings. The lowest BCUT2D eigenvalue weighted by Gasteiger charge is -2.27. The van der Waals surface area contributed by atoms with Gasteiger partial charge in [0.2, 0.25) is 5.95 Å². The van der Waals surface area contributed by atoms with Gasteiger partial charge in [-0.25, -0.2) is 9.97 Å². The molecule has 5 rings (SSSR count). The van der Waals surface area contributed by atoms with Crippen LogP contribution in [0.2, 0.25) is 0 Å². The van der Waals surface area contributed by atoms with E-state index in [2.05, 4.69) is 126 Å². The number of hydrogen-bond donors (Lipinski definition) is 3. The number of rotatable bonds is 10. The van der Waals surface area contributed by atoms with Crippen molar-refractivity contribution in [3.8, 4) is 0 Å². The molecule has 7 heteroatoms. The van der Waals surface area contributed by atoms with E-state index in [1.807, 2.05) is 12.3 Å². The van der Waals surface area contributed by atoms with E-state index < -0.39 is 0 Å². The zero-order valence-corrected chi connectivity index (χ0v) is 22.7. The first kappa shape index (κ1) is 25.5. The van der Waals surface area contributed by atoms with Crippen LogP contribution in [0.1, 0.15) is 35.7 Å². The Kier molecular flexibility index (Phi) is 7.75. The number of hydrogen-bond acceptors (Lipinski definition) is 7. The molecule has 2 aliphatic rings. The molecule has 2 aromatic carbocycles. The number of anilines is 2. The van der Waals surface area contributed by atoms with E-state index in [0.29, 0.717) is 12.5 Å². The summed E-state index contributed by atoms with van der Waals surface area (Å²) in [5.74, 6) is 0.611. The van der Waals surface area contributed by atoms with Crippen molar-refractivity contribution in [3.05, 3.63) is 107 Å². The van der Waals surface area contributed by atoms with Gasteiger partial charge in [-0.2, -0.15) is 0 Å². The Balaban J connectivity index is 1.40. The van der Waals surface area contributed by atoms with Crippen molar-refractivity contribution in [3.63, 3.8) is 0 Å². The van der Waals surface area contributed by atoms with Gasteiger partial charge in [0.1, 0.15) is 6.17 Å². The molecular weight excluding hydrogens is 470 g/mol. The maximum atomic E-state index is 4.94. The second-order valence-corrected chi connectivity index (χ2v) is 10.1. The first-order chi connectivity index (χ1) is 18.5. The average Bonchev–Trinajstić information content (AvgIpc) is 3.30. The number of aryl methyl sites for hydroxylation is 1. The molecule has 0 spiro atoms. The van der Waals surface area contributed by atoms with Crippen LogP contribution in [0.25, 0.3) is 11.4 Å². The highest BCUT2D eigenvalue weighted by Crippen LogP contribution is 2.37. The minimum Gasteiger partial charge on any atom is -0.385 e. The van der Waals surface area contributed by atoms with Crippen molar-refractivity contribution in [1.29, 1.82) is 0 Å². The molecule has 0 saturated carbocycles. The lowest BCUT2D eigenvalue weighted by molar-refractivity contribution is 0.418. The van der Waals surface area contributed by atoms with Gasteiger partial charge in [0.25, 0.3) is 0 Å². The Morgan fingerprint density at radius 2 is 1.79 bits per heavy atom. The van der Waals surface area contributed by atoms with E-state index >= 15 is 0 Å². The number of nitrogens with one attached hydrogen (secondary N) is 3. The fourth-order valence-electron chi connectivity index (χ4n) is 4.72. The summed E-state index contributed by atoms with van der Waals surface area (Å²) in [6.07, 6.45) is 9.62. The smallest absolute Gasteiger partial charge is 0.223 e. The Morgan fingerprint density at radius 3 is 2.53 bits per heavy atom. The van der Waals surface area contributed by atoms with Crippen LogP contribution in [-0.4, -0.2) is 53.1 Å². The average molecular weight is 508 g/mol. The van der Waals surface area contributed by atoms with Gasteiger partial charge in [0, 0.05) is 37.7 Å².